The number of halogens is 1. The van der Waals surface area contributed by atoms with Gasteiger partial charge in [0.05, 0.1) is 11.3 Å². The van der Waals surface area contributed by atoms with Gasteiger partial charge < -0.3 is 5.32 Å². The van der Waals surface area contributed by atoms with Crippen LogP contribution in [0.25, 0.3) is 0 Å². The van der Waals surface area contributed by atoms with Crippen LogP contribution in [-0.4, -0.2) is 15.9 Å². The van der Waals surface area contributed by atoms with Crippen LogP contribution in [0.4, 0.5) is 5.69 Å². The molecule has 3 aromatic rings. The zero-order valence-corrected chi connectivity index (χ0v) is 14.8. The fourth-order valence-corrected chi connectivity index (χ4v) is 2.71. The summed E-state index contributed by atoms with van der Waals surface area (Å²) in [7, 11) is 0. The van der Waals surface area contributed by atoms with Gasteiger partial charge in [-0.3, -0.25) is 4.79 Å². The predicted octanol–water partition coefficient (Wildman–Crippen LogP) is 4.59. The molecule has 0 saturated carbocycles. The minimum absolute atomic E-state index is 0.242. The maximum absolute atomic E-state index is 12.5. The second-order valence-electron chi connectivity index (χ2n) is 5.81. The number of amides is 1. The fraction of sp³-hybridized carbons (Fsp3) is 0.150. The highest BCUT2D eigenvalue weighted by atomic mass is 35.5. The molecule has 0 spiro atoms. The van der Waals surface area contributed by atoms with Crippen LogP contribution < -0.4 is 5.32 Å². The lowest BCUT2D eigenvalue weighted by Gasteiger charge is -2.11. The first-order chi connectivity index (χ1) is 12.0. The minimum Gasteiger partial charge on any atom is -0.322 e. The lowest BCUT2D eigenvalue weighted by atomic mass is 10.1. The number of benzene rings is 2. The number of nitrogens with zero attached hydrogens (tertiary/aromatic N) is 2. The molecule has 0 bridgehead atoms. The molecule has 2 aromatic carbocycles. The molecule has 0 aliphatic heterocycles. The molecule has 0 aliphatic carbocycles. The van der Waals surface area contributed by atoms with Crippen LogP contribution in [0.1, 0.15) is 33.0 Å². The summed E-state index contributed by atoms with van der Waals surface area (Å²) >= 11 is 6.10. The number of nitrogens with one attached hydrogen (secondary N) is 1. The smallest absolute Gasteiger partial charge is 0.259 e. The molecule has 0 saturated heterocycles. The number of anilines is 1. The lowest BCUT2D eigenvalue weighted by Crippen LogP contribution is -2.16. The molecule has 0 aliphatic rings. The molecule has 0 unspecified atom stereocenters. The Morgan fingerprint density at radius 2 is 1.84 bits per heavy atom. The molecule has 126 valence electrons. The predicted molar refractivity (Wildman–Crippen MR) is 100 cm³/mol. The normalized spacial score (nSPS) is 10.5. The second kappa shape index (κ2) is 7.45. The van der Waals surface area contributed by atoms with Crippen LogP contribution in [-0.2, 0) is 6.42 Å². The first-order valence-electron chi connectivity index (χ1n) is 7.97. The molecule has 25 heavy (non-hydrogen) atoms. The van der Waals surface area contributed by atoms with E-state index in [9.17, 15) is 4.79 Å². The van der Waals surface area contributed by atoms with Gasteiger partial charge in [0, 0.05) is 23.3 Å². The largest absolute Gasteiger partial charge is 0.322 e. The topological polar surface area (TPSA) is 54.9 Å². The molecule has 1 heterocycles. The quantitative estimate of drug-likeness (QED) is 0.748. The van der Waals surface area contributed by atoms with Crippen molar-refractivity contribution in [2.45, 2.75) is 20.3 Å². The Kier molecular flexibility index (Phi) is 5.10. The summed E-state index contributed by atoms with van der Waals surface area (Å²) < 4.78 is 0. The third-order valence-electron chi connectivity index (χ3n) is 3.99. The van der Waals surface area contributed by atoms with Gasteiger partial charge in [-0.05, 0) is 37.1 Å². The average molecular weight is 352 g/mol. The standard InChI is InChI=1S/C20H18ClN3O/c1-13-17(21)9-6-10-18(13)24-20(25)16-12-22-19(23-14(16)2)11-15-7-4-3-5-8-15/h3-10,12H,11H2,1-2H3,(H,24,25). The van der Waals surface area contributed by atoms with E-state index in [4.69, 9.17) is 11.6 Å². The van der Waals surface area contributed by atoms with Gasteiger partial charge in [-0.1, -0.05) is 48.0 Å². The summed E-state index contributed by atoms with van der Waals surface area (Å²) in [6, 6.07) is 15.4. The van der Waals surface area contributed by atoms with Gasteiger partial charge in [-0.2, -0.15) is 0 Å². The van der Waals surface area contributed by atoms with Gasteiger partial charge in [0.1, 0.15) is 5.82 Å². The van der Waals surface area contributed by atoms with E-state index >= 15 is 0 Å². The van der Waals surface area contributed by atoms with E-state index in [1.54, 1.807) is 18.3 Å². The number of aryl methyl sites for hydroxylation is 1. The summed E-state index contributed by atoms with van der Waals surface area (Å²) in [5.41, 5.74) is 3.75. The average Bonchev–Trinajstić information content (AvgIpc) is 2.60. The van der Waals surface area contributed by atoms with Crippen molar-refractivity contribution in [3.63, 3.8) is 0 Å². The van der Waals surface area contributed by atoms with Crippen molar-refractivity contribution >= 4 is 23.2 Å². The van der Waals surface area contributed by atoms with Gasteiger partial charge in [0.25, 0.3) is 5.91 Å². The van der Waals surface area contributed by atoms with Crippen molar-refractivity contribution in [2.24, 2.45) is 0 Å². The van der Waals surface area contributed by atoms with Crippen LogP contribution in [0.3, 0.4) is 0 Å². The van der Waals surface area contributed by atoms with E-state index in [1.807, 2.05) is 50.2 Å². The molecular formula is C20H18ClN3O. The Morgan fingerprint density at radius 3 is 2.56 bits per heavy atom. The molecule has 0 atom stereocenters. The summed E-state index contributed by atoms with van der Waals surface area (Å²) in [5, 5.41) is 3.49. The SMILES string of the molecule is Cc1nc(Cc2ccccc2)ncc1C(=O)Nc1cccc(Cl)c1C. The fourth-order valence-electron chi connectivity index (χ4n) is 2.53. The van der Waals surface area contributed by atoms with Crippen LogP contribution in [0.5, 0.6) is 0 Å². The van der Waals surface area contributed by atoms with E-state index in [2.05, 4.69) is 15.3 Å². The molecule has 0 fully saturated rings. The number of hydrogen-bond acceptors (Lipinski definition) is 3. The highest BCUT2D eigenvalue weighted by molar-refractivity contribution is 6.31. The van der Waals surface area contributed by atoms with Crippen molar-refractivity contribution in [2.75, 3.05) is 5.32 Å². The zero-order valence-electron chi connectivity index (χ0n) is 14.1. The highest BCUT2D eigenvalue weighted by Gasteiger charge is 2.14. The molecule has 1 N–H and O–H groups in total. The number of carbonyl (C=O) groups excluding carboxylic acids is 1. The van der Waals surface area contributed by atoms with Crippen molar-refractivity contribution in [1.29, 1.82) is 0 Å². The molecule has 0 radical (unpaired) electrons. The first-order valence-corrected chi connectivity index (χ1v) is 8.35. The van der Waals surface area contributed by atoms with Crippen molar-refractivity contribution in [1.82, 2.24) is 9.97 Å². The maximum atomic E-state index is 12.5. The van der Waals surface area contributed by atoms with Gasteiger partial charge >= 0.3 is 0 Å². The Labute approximate surface area is 151 Å². The Hall–Kier alpha value is -2.72. The highest BCUT2D eigenvalue weighted by Crippen LogP contribution is 2.23. The van der Waals surface area contributed by atoms with Crippen molar-refractivity contribution < 1.29 is 4.79 Å². The molecule has 4 nitrogen and oxygen atoms in total. The minimum atomic E-state index is -0.242. The zero-order chi connectivity index (χ0) is 17.8. The van der Waals surface area contributed by atoms with E-state index in [0.717, 1.165) is 11.1 Å². The number of carbonyl (C=O) groups is 1. The third-order valence-corrected chi connectivity index (χ3v) is 4.40. The number of rotatable bonds is 4. The van der Waals surface area contributed by atoms with Gasteiger partial charge in [0.2, 0.25) is 0 Å². The van der Waals surface area contributed by atoms with Gasteiger partial charge in [0.15, 0.2) is 0 Å². The van der Waals surface area contributed by atoms with Crippen LogP contribution in [0, 0.1) is 13.8 Å². The van der Waals surface area contributed by atoms with Crippen LogP contribution >= 0.6 is 11.6 Å². The maximum Gasteiger partial charge on any atom is 0.259 e. The Balaban J connectivity index is 1.78. The summed E-state index contributed by atoms with van der Waals surface area (Å²) in [6.07, 6.45) is 2.22. The second-order valence-corrected chi connectivity index (χ2v) is 6.22. The van der Waals surface area contributed by atoms with Crippen LogP contribution in [0.15, 0.2) is 54.7 Å². The van der Waals surface area contributed by atoms with Gasteiger partial charge in [-0.25, -0.2) is 9.97 Å². The Morgan fingerprint density at radius 1 is 1.08 bits per heavy atom. The van der Waals surface area contributed by atoms with E-state index < -0.39 is 0 Å². The van der Waals surface area contributed by atoms with E-state index in [1.165, 1.54) is 0 Å². The van der Waals surface area contributed by atoms with E-state index in [-0.39, 0.29) is 5.91 Å². The monoisotopic (exact) mass is 351 g/mol. The molecule has 3 rings (SSSR count). The summed E-state index contributed by atoms with van der Waals surface area (Å²) in [5.74, 6) is 0.452. The first kappa shape index (κ1) is 17.1. The van der Waals surface area contributed by atoms with Crippen molar-refractivity contribution in [3.8, 4) is 0 Å². The summed E-state index contributed by atoms with van der Waals surface area (Å²) in [6.45, 7) is 3.68. The Bertz CT molecular complexity index is 910. The van der Waals surface area contributed by atoms with E-state index in [0.29, 0.717) is 34.2 Å². The molecule has 1 amide bonds. The number of aromatic nitrogens is 2. The third kappa shape index (κ3) is 4.03. The van der Waals surface area contributed by atoms with Crippen LogP contribution in [0.2, 0.25) is 5.02 Å². The molecular weight excluding hydrogens is 334 g/mol. The van der Waals surface area contributed by atoms with Crippen molar-refractivity contribution in [3.05, 3.63) is 88.0 Å². The molecule has 5 heteroatoms. The van der Waals surface area contributed by atoms with Gasteiger partial charge in [-0.15, -0.1) is 0 Å². The lowest BCUT2D eigenvalue weighted by molar-refractivity contribution is 0.102. The summed E-state index contributed by atoms with van der Waals surface area (Å²) in [4.78, 5) is 21.3. The molecule has 1 aromatic heterocycles. The number of hydrogen-bond donors (Lipinski definition) is 1.